The maximum Gasteiger partial charge on any atom is 0.270 e. The van der Waals surface area contributed by atoms with Crippen molar-refractivity contribution in [3.05, 3.63) is 77.1 Å². The molecule has 0 aliphatic heterocycles. The average Bonchev–Trinajstić information content (AvgIpc) is 2.75. The molecule has 2 aromatic rings. The summed E-state index contributed by atoms with van der Waals surface area (Å²) >= 11 is 0. The lowest BCUT2D eigenvalue weighted by Crippen LogP contribution is -2.29. The van der Waals surface area contributed by atoms with Gasteiger partial charge in [0, 0.05) is 6.54 Å². The number of nitrogens with one attached hydrogen (secondary N) is 2. The molecule has 5 heteroatoms. The molecule has 1 aromatic carbocycles. The lowest BCUT2D eigenvalue weighted by atomic mass is 9.97. The molecule has 0 bridgehead atoms. The molecule has 0 saturated carbocycles. The first kappa shape index (κ1) is 19.8. The van der Waals surface area contributed by atoms with Crippen LogP contribution in [0.25, 0.3) is 0 Å². The predicted octanol–water partition coefficient (Wildman–Crippen LogP) is 4.19. The van der Waals surface area contributed by atoms with Crippen molar-refractivity contribution in [3.8, 4) is 0 Å². The normalized spacial score (nSPS) is 14.7. The van der Waals surface area contributed by atoms with Gasteiger partial charge in [0.2, 0.25) is 0 Å². The molecule has 5 nitrogen and oxygen atoms in total. The number of carbonyl (C=O) groups excluding carboxylic acids is 2. The van der Waals surface area contributed by atoms with Crippen molar-refractivity contribution in [2.75, 3.05) is 6.54 Å². The van der Waals surface area contributed by atoms with Gasteiger partial charge in [0.25, 0.3) is 11.8 Å². The first-order valence-corrected chi connectivity index (χ1v) is 9.92. The van der Waals surface area contributed by atoms with Crippen molar-refractivity contribution in [3.63, 3.8) is 0 Å². The molecular formula is C23H27N3O2. The third kappa shape index (κ3) is 5.52. The van der Waals surface area contributed by atoms with Gasteiger partial charge in [0.1, 0.15) is 11.4 Å². The van der Waals surface area contributed by atoms with Gasteiger partial charge in [-0.15, -0.1) is 0 Å². The van der Waals surface area contributed by atoms with E-state index in [1.165, 1.54) is 18.4 Å². The van der Waals surface area contributed by atoms with Gasteiger partial charge in [-0.05, 0) is 56.7 Å². The summed E-state index contributed by atoms with van der Waals surface area (Å²) in [4.78, 5) is 29.1. The van der Waals surface area contributed by atoms with Gasteiger partial charge in [0.05, 0.1) is 6.04 Å². The number of pyridine rings is 1. The summed E-state index contributed by atoms with van der Waals surface area (Å²) in [7, 11) is 0. The standard InChI is InChI=1S/C23H27N3O2/c1-17(19-11-6-3-7-12-19)25-23(28)21-14-8-13-20(26-21)22(27)24-16-15-18-9-4-2-5-10-18/h3,6-9,11-14,17H,2,4-5,10,15-16H2,1H3,(H,24,27)(H,25,28). The van der Waals surface area contributed by atoms with Gasteiger partial charge in [-0.2, -0.15) is 0 Å². The Morgan fingerprint density at radius 1 is 1.00 bits per heavy atom. The second-order valence-electron chi connectivity index (χ2n) is 7.13. The largest absolute Gasteiger partial charge is 0.350 e. The van der Waals surface area contributed by atoms with Crippen LogP contribution in [0.3, 0.4) is 0 Å². The van der Waals surface area contributed by atoms with E-state index in [0.717, 1.165) is 24.8 Å². The molecule has 3 rings (SSSR count). The summed E-state index contributed by atoms with van der Waals surface area (Å²) in [6.07, 6.45) is 7.93. The minimum absolute atomic E-state index is 0.142. The van der Waals surface area contributed by atoms with Crippen LogP contribution in [0.1, 0.15) is 71.6 Å². The molecule has 1 atom stereocenters. The zero-order valence-corrected chi connectivity index (χ0v) is 16.3. The van der Waals surface area contributed by atoms with Crippen LogP contribution in [0.2, 0.25) is 0 Å². The summed E-state index contributed by atoms with van der Waals surface area (Å²) in [5.74, 6) is -0.541. The highest BCUT2D eigenvalue weighted by Crippen LogP contribution is 2.19. The smallest absolute Gasteiger partial charge is 0.270 e. The third-order valence-electron chi connectivity index (χ3n) is 4.98. The molecular weight excluding hydrogens is 350 g/mol. The molecule has 2 N–H and O–H groups in total. The van der Waals surface area contributed by atoms with E-state index in [-0.39, 0.29) is 29.2 Å². The van der Waals surface area contributed by atoms with Gasteiger partial charge in [0.15, 0.2) is 0 Å². The Hall–Kier alpha value is -2.95. The van der Waals surface area contributed by atoms with Crippen LogP contribution in [-0.2, 0) is 0 Å². The van der Waals surface area contributed by atoms with E-state index in [9.17, 15) is 9.59 Å². The Balaban J connectivity index is 1.55. The van der Waals surface area contributed by atoms with E-state index in [0.29, 0.717) is 6.54 Å². The lowest BCUT2D eigenvalue weighted by molar-refractivity contribution is 0.0933. The van der Waals surface area contributed by atoms with Crippen molar-refractivity contribution in [2.24, 2.45) is 0 Å². The minimum atomic E-state index is -0.293. The molecule has 1 aliphatic carbocycles. The fourth-order valence-electron chi connectivity index (χ4n) is 3.34. The Labute approximate surface area is 166 Å². The number of amides is 2. The highest BCUT2D eigenvalue weighted by atomic mass is 16.2. The van der Waals surface area contributed by atoms with E-state index in [2.05, 4.69) is 21.7 Å². The van der Waals surface area contributed by atoms with E-state index in [4.69, 9.17) is 0 Å². The number of aromatic nitrogens is 1. The number of allylic oxidation sites excluding steroid dienone is 1. The SMILES string of the molecule is CC(NC(=O)c1cccc(C(=O)NCCC2=CCCCC2)n1)c1ccccc1. The van der Waals surface area contributed by atoms with Crippen LogP contribution in [0, 0.1) is 0 Å². The minimum Gasteiger partial charge on any atom is -0.350 e. The fraction of sp³-hybridized carbons (Fsp3) is 0.348. The molecule has 146 valence electrons. The Morgan fingerprint density at radius 3 is 2.46 bits per heavy atom. The number of carbonyl (C=O) groups is 2. The zero-order chi connectivity index (χ0) is 19.8. The van der Waals surface area contributed by atoms with Gasteiger partial charge in [-0.1, -0.05) is 48.0 Å². The van der Waals surface area contributed by atoms with Gasteiger partial charge in [-0.3, -0.25) is 9.59 Å². The number of rotatable bonds is 7. The molecule has 2 amide bonds. The molecule has 0 radical (unpaired) electrons. The van der Waals surface area contributed by atoms with Crippen molar-refractivity contribution in [1.29, 1.82) is 0 Å². The van der Waals surface area contributed by atoms with Crippen LogP contribution in [0.15, 0.2) is 60.2 Å². The maximum absolute atomic E-state index is 12.5. The number of hydrogen-bond donors (Lipinski definition) is 2. The lowest BCUT2D eigenvalue weighted by Gasteiger charge is -2.14. The third-order valence-corrected chi connectivity index (χ3v) is 4.98. The summed E-state index contributed by atoms with van der Waals surface area (Å²) in [5, 5.41) is 5.83. The first-order chi connectivity index (χ1) is 13.6. The van der Waals surface area contributed by atoms with Crippen molar-refractivity contribution in [1.82, 2.24) is 15.6 Å². The summed E-state index contributed by atoms with van der Waals surface area (Å²) in [6.45, 7) is 2.51. The Bertz CT molecular complexity index is 846. The van der Waals surface area contributed by atoms with Crippen LogP contribution in [0.4, 0.5) is 0 Å². The Kier molecular flexibility index (Phi) is 6.95. The van der Waals surface area contributed by atoms with E-state index < -0.39 is 0 Å². The predicted molar refractivity (Wildman–Crippen MR) is 110 cm³/mol. The summed E-state index contributed by atoms with van der Waals surface area (Å²) < 4.78 is 0. The highest BCUT2D eigenvalue weighted by molar-refractivity contribution is 5.96. The first-order valence-electron chi connectivity index (χ1n) is 9.92. The average molecular weight is 377 g/mol. The van der Waals surface area contributed by atoms with Crippen LogP contribution in [0.5, 0.6) is 0 Å². The highest BCUT2D eigenvalue weighted by Gasteiger charge is 2.15. The molecule has 0 saturated heterocycles. The van der Waals surface area contributed by atoms with E-state index in [1.54, 1.807) is 18.2 Å². The quantitative estimate of drug-likeness (QED) is 0.711. The fourth-order valence-corrected chi connectivity index (χ4v) is 3.34. The maximum atomic E-state index is 12.5. The summed E-state index contributed by atoms with van der Waals surface area (Å²) in [6, 6.07) is 14.5. The molecule has 1 unspecified atom stereocenters. The Morgan fingerprint density at radius 2 is 1.75 bits per heavy atom. The summed E-state index contributed by atoms with van der Waals surface area (Å²) in [5.41, 5.74) is 2.94. The molecule has 1 aromatic heterocycles. The molecule has 1 aliphatic rings. The van der Waals surface area contributed by atoms with Crippen LogP contribution in [-0.4, -0.2) is 23.3 Å². The van der Waals surface area contributed by atoms with Crippen LogP contribution < -0.4 is 10.6 Å². The number of nitrogens with zero attached hydrogens (tertiary/aromatic N) is 1. The second-order valence-corrected chi connectivity index (χ2v) is 7.13. The monoisotopic (exact) mass is 377 g/mol. The van der Waals surface area contributed by atoms with Crippen LogP contribution >= 0.6 is 0 Å². The van der Waals surface area contributed by atoms with Gasteiger partial charge in [-0.25, -0.2) is 4.98 Å². The van der Waals surface area contributed by atoms with Crippen molar-refractivity contribution < 1.29 is 9.59 Å². The van der Waals surface area contributed by atoms with Gasteiger partial charge >= 0.3 is 0 Å². The van der Waals surface area contributed by atoms with Crippen molar-refractivity contribution in [2.45, 2.75) is 45.1 Å². The van der Waals surface area contributed by atoms with Crippen molar-refractivity contribution >= 4 is 11.8 Å². The number of benzene rings is 1. The van der Waals surface area contributed by atoms with Gasteiger partial charge < -0.3 is 10.6 Å². The van der Waals surface area contributed by atoms with E-state index >= 15 is 0 Å². The van der Waals surface area contributed by atoms with E-state index in [1.807, 2.05) is 37.3 Å². The second kappa shape index (κ2) is 9.83. The number of hydrogen-bond acceptors (Lipinski definition) is 3. The molecule has 28 heavy (non-hydrogen) atoms. The molecule has 0 fully saturated rings. The zero-order valence-electron chi connectivity index (χ0n) is 16.3. The topological polar surface area (TPSA) is 71.1 Å². The molecule has 0 spiro atoms. The molecule has 1 heterocycles.